The van der Waals surface area contributed by atoms with E-state index in [4.69, 9.17) is 4.99 Å². The number of hydrogen-bond acceptors (Lipinski definition) is 3. The molecule has 0 aliphatic heterocycles. The lowest BCUT2D eigenvalue weighted by molar-refractivity contribution is 1.31. The first-order valence-corrected chi connectivity index (χ1v) is 10.6. The van der Waals surface area contributed by atoms with Crippen LogP contribution in [0.15, 0.2) is 105 Å². The minimum atomic E-state index is 0.974. The molecule has 1 nitrogen and oxygen atoms in total. The molecule has 0 atom stereocenters. The predicted octanol–water partition coefficient (Wildman–Crippen LogP) is 7.82. The van der Waals surface area contributed by atoms with Gasteiger partial charge in [-0.05, 0) is 67.1 Å². The zero-order chi connectivity index (χ0) is 19.1. The average Bonchev–Trinajstić information content (AvgIpc) is 2.69. The van der Waals surface area contributed by atoms with E-state index in [0.29, 0.717) is 0 Å². The molecular weight excluding hydrogens is 366 g/mol. The van der Waals surface area contributed by atoms with E-state index in [1.807, 2.05) is 30.3 Å². The molecule has 0 heterocycles. The van der Waals surface area contributed by atoms with Crippen LogP contribution in [-0.4, -0.2) is 5.04 Å². The lowest BCUT2D eigenvalue weighted by atomic mass is 10.2. The standard InChI is InChI=1S/C24H23NS2/c1-18-11-7-9-15-22(18)26-17-20(3)24(25-21-13-5-4-6-14-21)27-23-16-10-8-12-19(23)2/h4-17H,1-3H3. The molecule has 0 unspecified atom stereocenters. The summed E-state index contributed by atoms with van der Waals surface area (Å²) in [5, 5.41) is 3.23. The molecule has 0 saturated heterocycles. The van der Waals surface area contributed by atoms with E-state index in [9.17, 15) is 0 Å². The molecule has 0 amide bonds. The van der Waals surface area contributed by atoms with Crippen molar-refractivity contribution < 1.29 is 0 Å². The predicted molar refractivity (Wildman–Crippen MR) is 121 cm³/mol. The van der Waals surface area contributed by atoms with E-state index in [-0.39, 0.29) is 0 Å². The van der Waals surface area contributed by atoms with Crippen molar-refractivity contribution in [2.75, 3.05) is 0 Å². The van der Waals surface area contributed by atoms with Crippen LogP contribution in [0.4, 0.5) is 5.69 Å². The first-order valence-electron chi connectivity index (χ1n) is 8.90. The third-order valence-electron chi connectivity index (χ3n) is 4.08. The molecule has 3 aromatic carbocycles. The van der Waals surface area contributed by atoms with Gasteiger partial charge >= 0.3 is 0 Å². The Morgan fingerprint density at radius 1 is 0.741 bits per heavy atom. The van der Waals surface area contributed by atoms with Crippen molar-refractivity contribution in [3.05, 3.63) is 101 Å². The van der Waals surface area contributed by atoms with E-state index in [1.165, 1.54) is 26.5 Å². The lowest BCUT2D eigenvalue weighted by Crippen LogP contribution is -1.95. The van der Waals surface area contributed by atoms with Gasteiger partial charge in [-0.2, -0.15) is 0 Å². The van der Waals surface area contributed by atoms with Gasteiger partial charge in [-0.1, -0.05) is 78.1 Å². The number of aryl methyl sites for hydroxylation is 2. The van der Waals surface area contributed by atoms with Crippen LogP contribution in [0.1, 0.15) is 18.1 Å². The van der Waals surface area contributed by atoms with Gasteiger partial charge < -0.3 is 0 Å². The number of aliphatic imine (C=N–C) groups is 1. The summed E-state index contributed by atoms with van der Waals surface area (Å²) in [4.78, 5) is 7.44. The molecule has 0 fully saturated rings. The minimum absolute atomic E-state index is 0.974. The highest BCUT2D eigenvalue weighted by molar-refractivity contribution is 8.14. The third kappa shape index (κ3) is 5.62. The van der Waals surface area contributed by atoms with Crippen molar-refractivity contribution in [3.63, 3.8) is 0 Å². The number of rotatable bonds is 5. The fourth-order valence-corrected chi connectivity index (χ4v) is 4.33. The van der Waals surface area contributed by atoms with Gasteiger partial charge in [0.05, 0.1) is 5.69 Å². The molecule has 0 spiro atoms. The number of thioether (sulfide) groups is 2. The Morgan fingerprint density at radius 3 is 1.93 bits per heavy atom. The highest BCUT2D eigenvalue weighted by atomic mass is 32.2. The summed E-state index contributed by atoms with van der Waals surface area (Å²) in [5.41, 5.74) is 4.70. The van der Waals surface area contributed by atoms with Crippen molar-refractivity contribution >= 4 is 34.3 Å². The highest BCUT2D eigenvalue weighted by Gasteiger charge is 2.09. The first kappa shape index (κ1) is 19.5. The van der Waals surface area contributed by atoms with E-state index < -0.39 is 0 Å². The third-order valence-corrected chi connectivity index (χ3v) is 6.55. The summed E-state index contributed by atoms with van der Waals surface area (Å²) in [6.45, 7) is 6.43. The molecule has 0 aromatic heterocycles. The summed E-state index contributed by atoms with van der Waals surface area (Å²) in [5.74, 6) is 0. The van der Waals surface area contributed by atoms with Gasteiger partial charge in [0.15, 0.2) is 0 Å². The van der Waals surface area contributed by atoms with Crippen molar-refractivity contribution in [2.24, 2.45) is 4.99 Å². The van der Waals surface area contributed by atoms with E-state index in [2.05, 4.69) is 74.7 Å². The number of para-hydroxylation sites is 1. The van der Waals surface area contributed by atoms with Gasteiger partial charge in [0.1, 0.15) is 5.04 Å². The molecule has 0 bridgehead atoms. The summed E-state index contributed by atoms with van der Waals surface area (Å²) in [7, 11) is 0. The fraction of sp³-hybridized carbons (Fsp3) is 0.125. The number of hydrogen-bond donors (Lipinski definition) is 0. The van der Waals surface area contributed by atoms with E-state index in [0.717, 1.165) is 10.7 Å². The van der Waals surface area contributed by atoms with Gasteiger partial charge in [0.2, 0.25) is 0 Å². The van der Waals surface area contributed by atoms with Crippen LogP contribution in [0.25, 0.3) is 0 Å². The maximum absolute atomic E-state index is 4.93. The quantitative estimate of drug-likeness (QED) is 0.250. The number of nitrogens with zero attached hydrogens (tertiary/aromatic N) is 1. The van der Waals surface area contributed by atoms with E-state index in [1.54, 1.807) is 23.5 Å². The van der Waals surface area contributed by atoms with Crippen LogP contribution in [0.5, 0.6) is 0 Å². The van der Waals surface area contributed by atoms with Crippen molar-refractivity contribution in [3.8, 4) is 0 Å². The summed E-state index contributed by atoms with van der Waals surface area (Å²) < 4.78 is 0. The minimum Gasteiger partial charge on any atom is -0.241 e. The summed E-state index contributed by atoms with van der Waals surface area (Å²) >= 11 is 3.48. The molecule has 0 radical (unpaired) electrons. The second-order valence-corrected chi connectivity index (χ2v) is 8.25. The molecule has 0 aliphatic carbocycles. The lowest BCUT2D eigenvalue weighted by Gasteiger charge is -2.10. The topological polar surface area (TPSA) is 12.4 Å². The monoisotopic (exact) mass is 389 g/mol. The van der Waals surface area contributed by atoms with E-state index >= 15 is 0 Å². The molecule has 3 rings (SSSR count). The van der Waals surface area contributed by atoms with Crippen LogP contribution in [0.2, 0.25) is 0 Å². The molecule has 3 aromatic rings. The molecule has 0 aliphatic rings. The molecule has 27 heavy (non-hydrogen) atoms. The first-order chi connectivity index (χ1) is 13.1. The SMILES string of the molecule is CC(=CSc1ccccc1C)C(=Nc1ccccc1)Sc1ccccc1C. The Labute approximate surface area is 170 Å². The Morgan fingerprint density at radius 2 is 1.30 bits per heavy atom. The largest absolute Gasteiger partial charge is 0.241 e. The van der Waals surface area contributed by atoms with Crippen LogP contribution in [0.3, 0.4) is 0 Å². The maximum atomic E-state index is 4.93. The molecule has 136 valence electrons. The van der Waals surface area contributed by atoms with Crippen molar-refractivity contribution in [1.29, 1.82) is 0 Å². The fourth-order valence-electron chi connectivity index (χ4n) is 2.48. The highest BCUT2D eigenvalue weighted by Crippen LogP contribution is 2.31. The second-order valence-electron chi connectivity index (χ2n) is 6.30. The Bertz CT molecular complexity index is 959. The smallest absolute Gasteiger partial charge is 0.105 e. The Kier molecular flexibility index (Phi) is 6.97. The van der Waals surface area contributed by atoms with Gasteiger partial charge in [-0.3, -0.25) is 0 Å². The van der Waals surface area contributed by atoms with Crippen LogP contribution < -0.4 is 0 Å². The normalized spacial score (nSPS) is 12.3. The zero-order valence-electron chi connectivity index (χ0n) is 15.8. The summed E-state index contributed by atoms with van der Waals surface area (Å²) in [6, 6.07) is 27.1. The van der Waals surface area contributed by atoms with Crippen LogP contribution >= 0.6 is 23.5 Å². The maximum Gasteiger partial charge on any atom is 0.105 e. The van der Waals surface area contributed by atoms with Gasteiger partial charge in [-0.15, -0.1) is 0 Å². The number of benzene rings is 3. The molecule has 0 N–H and O–H groups in total. The molecule has 0 saturated carbocycles. The Hall–Kier alpha value is -2.23. The van der Waals surface area contributed by atoms with Crippen LogP contribution in [0, 0.1) is 13.8 Å². The molecule has 3 heteroatoms. The van der Waals surface area contributed by atoms with Crippen LogP contribution in [-0.2, 0) is 0 Å². The van der Waals surface area contributed by atoms with Gasteiger partial charge in [-0.25, -0.2) is 4.99 Å². The summed E-state index contributed by atoms with van der Waals surface area (Å²) in [6.07, 6.45) is 0. The van der Waals surface area contributed by atoms with Gasteiger partial charge in [0.25, 0.3) is 0 Å². The molecular formula is C24H23NS2. The van der Waals surface area contributed by atoms with Crippen molar-refractivity contribution in [2.45, 2.75) is 30.6 Å². The zero-order valence-corrected chi connectivity index (χ0v) is 17.5. The van der Waals surface area contributed by atoms with Gasteiger partial charge in [0, 0.05) is 9.79 Å². The Balaban J connectivity index is 1.91. The van der Waals surface area contributed by atoms with Crippen molar-refractivity contribution in [1.82, 2.24) is 0 Å². The second kappa shape index (κ2) is 9.63. The average molecular weight is 390 g/mol.